The second-order valence-corrected chi connectivity index (χ2v) is 7.82. The molecule has 0 aliphatic carbocycles. The molecule has 3 rings (SSSR count). The van der Waals surface area contributed by atoms with E-state index in [9.17, 15) is 9.59 Å². The maximum Gasteiger partial charge on any atom is 0.252 e. The van der Waals surface area contributed by atoms with Gasteiger partial charge in [0.25, 0.3) is 5.91 Å². The maximum atomic E-state index is 12.7. The third-order valence-corrected chi connectivity index (χ3v) is 4.92. The summed E-state index contributed by atoms with van der Waals surface area (Å²) in [4.78, 5) is 24.9. The molecular weight excluding hydrogens is 392 g/mol. The second-order valence-electron chi connectivity index (χ2n) is 7.41. The van der Waals surface area contributed by atoms with Gasteiger partial charge in [-0.2, -0.15) is 0 Å². The summed E-state index contributed by atoms with van der Waals surface area (Å²) in [7, 11) is 0. The number of hydrogen-bond acceptors (Lipinski definition) is 4. The monoisotopic (exact) mass is 416 g/mol. The van der Waals surface area contributed by atoms with Crippen LogP contribution in [0.4, 0.5) is 5.69 Å². The van der Waals surface area contributed by atoms with E-state index in [1.807, 2.05) is 39.0 Å². The van der Waals surface area contributed by atoms with Crippen molar-refractivity contribution in [3.05, 3.63) is 52.5 Å². The fraction of sp³-hybridized carbons (Fsp3) is 0.364. The van der Waals surface area contributed by atoms with Crippen LogP contribution in [0, 0.1) is 5.92 Å². The van der Waals surface area contributed by atoms with E-state index < -0.39 is 5.92 Å². The molecule has 29 heavy (non-hydrogen) atoms. The van der Waals surface area contributed by atoms with Crippen LogP contribution in [0.3, 0.4) is 0 Å². The minimum atomic E-state index is -0.404. The summed E-state index contributed by atoms with van der Waals surface area (Å²) in [5.41, 5.74) is 1.73. The highest BCUT2D eigenvalue weighted by Gasteiger charge is 2.20. The first-order valence-electron chi connectivity index (χ1n) is 9.63. The maximum absolute atomic E-state index is 12.7. The summed E-state index contributed by atoms with van der Waals surface area (Å²) < 4.78 is 11.1. The third kappa shape index (κ3) is 5.21. The Bertz CT molecular complexity index is 914. The van der Waals surface area contributed by atoms with Crippen molar-refractivity contribution < 1.29 is 19.1 Å². The van der Waals surface area contributed by atoms with Gasteiger partial charge in [0.05, 0.1) is 16.5 Å². The highest BCUT2D eigenvalue weighted by molar-refractivity contribution is 6.34. The third-order valence-electron chi connectivity index (χ3n) is 4.61. The topological polar surface area (TPSA) is 76.7 Å². The standard InChI is InChI=1S/C22H25ClN2O4/c1-13(2)12-24-22(27)17-6-5-16(11-18(17)23)25-21(26)14(3)15-4-7-19-20(10-15)29-9-8-28-19/h4-7,10-11,13-14H,8-9,12H2,1-3H3,(H,24,27)(H,25,26). The first-order valence-corrected chi connectivity index (χ1v) is 10.0. The molecule has 2 amide bonds. The number of nitrogens with one attached hydrogen (secondary N) is 2. The van der Waals surface area contributed by atoms with Gasteiger partial charge in [0.2, 0.25) is 5.91 Å². The Labute approximate surface area is 175 Å². The molecule has 6 nitrogen and oxygen atoms in total. The average Bonchev–Trinajstić information content (AvgIpc) is 2.71. The molecule has 0 aromatic heterocycles. The molecule has 0 saturated heterocycles. The Morgan fingerprint density at radius 3 is 2.45 bits per heavy atom. The smallest absolute Gasteiger partial charge is 0.252 e. The van der Waals surface area contributed by atoms with Gasteiger partial charge in [0.15, 0.2) is 11.5 Å². The minimum absolute atomic E-state index is 0.185. The molecule has 0 saturated carbocycles. The number of carbonyl (C=O) groups is 2. The summed E-state index contributed by atoms with van der Waals surface area (Å²) in [6.07, 6.45) is 0. The Morgan fingerprint density at radius 1 is 1.03 bits per heavy atom. The summed E-state index contributed by atoms with van der Waals surface area (Å²) in [5, 5.41) is 5.97. The zero-order valence-corrected chi connectivity index (χ0v) is 17.5. The number of hydrogen-bond donors (Lipinski definition) is 2. The lowest BCUT2D eigenvalue weighted by atomic mass is 9.99. The predicted molar refractivity (Wildman–Crippen MR) is 113 cm³/mol. The van der Waals surface area contributed by atoms with Crippen molar-refractivity contribution in [1.29, 1.82) is 0 Å². The number of amides is 2. The van der Waals surface area contributed by atoms with Gasteiger partial charge in [-0.1, -0.05) is 31.5 Å². The van der Waals surface area contributed by atoms with Gasteiger partial charge in [0, 0.05) is 12.2 Å². The van der Waals surface area contributed by atoms with Gasteiger partial charge >= 0.3 is 0 Å². The van der Waals surface area contributed by atoms with Crippen LogP contribution in [0.5, 0.6) is 11.5 Å². The zero-order chi connectivity index (χ0) is 21.0. The van der Waals surface area contributed by atoms with Crippen LogP contribution in [0.15, 0.2) is 36.4 Å². The molecule has 1 atom stereocenters. The van der Waals surface area contributed by atoms with Crippen molar-refractivity contribution in [1.82, 2.24) is 5.32 Å². The quantitative estimate of drug-likeness (QED) is 0.738. The first kappa shape index (κ1) is 21.0. The van der Waals surface area contributed by atoms with Gasteiger partial charge in [-0.25, -0.2) is 0 Å². The lowest BCUT2D eigenvalue weighted by molar-refractivity contribution is -0.117. The number of ether oxygens (including phenoxy) is 2. The van der Waals surface area contributed by atoms with E-state index >= 15 is 0 Å². The SMILES string of the molecule is CC(C)CNC(=O)c1ccc(NC(=O)C(C)c2ccc3c(c2)OCCO3)cc1Cl. The largest absolute Gasteiger partial charge is 0.486 e. The molecule has 1 heterocycles. The molecule has 154 valence electrons. The Hall–Kier alpha value is -2.73. The molecule has 0 spiro atoms. The highest BCUT2D eigenvalue weighted by Crippen LogP contribution is 2.33. The number of benzene rings is 2. The summed E-state index contributed by atoms with van der Waals surface area (Å²) in [5.74, 6) is 0.858. The summed E-state index contributed by atoms with van der Waals surface area (Å²) >= 11 is 6.26. The van der Waals surface area contributed by atoms with Crippen molar-refractivity contribution in [2.45, 2.75) is 26.7 Å². The molecule has 2 aromatic rings. The lowest BCUT2D eigenvalue weighted by Crippen LogP contribution is -2.27. The van der Waals surface area contributed by atoms with Crippen LogP contribution >= 0.6 is 11.6 Å². The minimum Gasteiger partial charge on any atom is -0.486 e. The zero-order valence-electron chi connectivity index (χ0n) is 16.8. The highest BCUT2D eigenvalue weighted by atomic mass is 35.5. The van der Waals surface area contributed by atoms with Crippen LogP contribution in [0.2, 0.25) is 5.02 Å². The first-order chi connectivity index (χ1) is 13.8. The molecule has 0 fully saturated rings. The number of carbonyl (C=O) groups excluding carboxylic acids is 2. The molecule has 2 aromatic carbocycles. The van der Waals surface area contributed by atoms with Gasteiger partial charge in [-0.3, -0.25) is 9.59 Å². The molecule has 2 N–H and O–H groups in total. The fourth-order valence-corrected chi connectivity index (χ4v) is 3.17. The van der Waals surface area contributed by atoms with E-state index in [4.69, 9.17) is 21.1 Å². The Kier molecular flexibility index (Phi) is 6.64. The van der Waals surface area contributed by atoms with Crippen LogP contribution in [0.25, 0.3) is 0 Å². The number of rotatable bonds is 6. The normalized spacial score (nSPS) is 13.7. The van der Waals surface area contributed by atoms with Crippen LogP contribution < -0.4 is 20.1 Å². The Balaban J connectivity index is 1.67. The predicted octanol–water partition coefficient (Wildman–Crippen LogP) is 4.24. The molecular formula is C22H25ClN2O4. The van der Waals surface area contributed by atoms with Crippen molar-refractivity contribution >= 4 is 29.1 Å². The van der Waals surface area contributed by atoms with Gasteiger partial charge in [-0.15, -0.1) is 0 Å². The van der Waals surface area contributed by atoms with Crippen molar-refractivity contribution in [2.24, 2.45) is 5.92 Å². The number of fused-ring (bicyclic) bond motifs is 1. The van der Waals surface area contributed by atoms with Crippen molar-refractivity contribution in [2.75, 3.05) is 25.1 Å². The number of halogens is 1. The number of anilines is 1. The van der Waals surface area contributed by atoms with Gasteiger partial charge in [-0.05, 0) is 48.7 Å². The molecule has 1 aliphatic rings. The molecule has 7 heteroatoms. The average molecular weight is 417 g/mol. The van der Waals surface area contributed by atoms with Gasteiger partial charge in [0.1, 0.15) is 13.2 Å². The molecule has 0 bridgehead atoms. The molecule has 1 aliphatic heterocycles. The van der Waals surface area contributed by atoms with Crippen molar-refractivity contribution in [3.63, 3.8) is 0 Å². The van der Waals surface area contributed by atoms with Crippen LogP contribution in [0.1, 0.15) is 42.6 Å². The van der Waals surface area contributed by atoms with Crippen LogP contribution in [-0.4, -0.2) is 31.6 Å². The van der Waals surface area contributed by atoms with Crippen molar-refractivity contribution in [3.8, 4) is 11.5 Å². The van der Waals surface area contributed by atoms with E-state index in [0.717, 1.165) is 5.56 Å². The summed E-state index contributed by atoms with van der Waals surface area (Å²) in [6, 6.07) is 10.4. The second kappa shape index (κ2) is 9.18. The Morgan fingerprint density at radius 2 is 1.76 bits per heavy atom. The van der Waals surface area contributed by atoms with E-state index in [1.54, 1.807) is 18.2 Å². The lowest BCUT2D eigenvalue weighted by Gasteiger charge is -2.20. The molecule has 1 unspecified atom stereocenters. The molecule has 0 radical (unpaired) electrons. The van der Waals surface area contributed by atoms with Gasteiger partial charge < -0.3 is 20.1 Å². The van der Waals surface area contributed by atoms with E-state index in [-0.39, 0.29) is 16.8 Å². The van der Waals surface area contributed by atoms with E-state index in [2.05, 4.69) is 10.6 Å². The van der Waals surface area contributed by atoms with E-state index in [1.165, 1.54) is 0 Å². The summed E-state index contributed by atoms with van der Waals surface area (Å²) in [6.45, 7) is 7.44. The van der Waals surface area contributed by atoms with Crippen LogP contribution in [-0.2, 0) is 4.79 Å². The van der Waals surface area contributed by atoms with E-state index in [0.29, 0.717) is 48.4 Å². The fourth-order valence-electron chi connectivity index (χ4n) is 2.90.